The molecule has 12 heavy (non-hydrogen) atoms. The molecule has 0 aromatic carbocycles. The molecule has 3 rings (SSSR count). The second-order valence-corrected chi connectivity index (χ2v) is 4.92. The van der Waals surface area contributed by atoms with E-state index >= 15 is 0 Å². The zero-order valence-electron chi connectivity index (χ0n) is 7.77. The Labute approximate surface area is 74.4 Å². The minimum absolute atomic E-state index is 0.643. The minimum Gasteiger partial charge on any atom is -0.0772 e. The van der Waals surface area contributed by atoms with E-state index < -0.39 is 0 Å². The summed E-state index contributed by atoms with van der Waals surface area (Å²) in [6.45, 7) is 2.24. The third-order valence-electron chi connectivity index (χ3n) is 4.16. The quantitative estimate of drug-likeness (QED) is 0.509. The number of rotatable bonds is 0. The molecular weight excluding hydrogens is 144 g/mol. The predicted molar refractivity (Wildman–Crippen MR) is 50.8 cm³/mol. The van der Waals surface area contributed by atoms with Crippen LogP contribution in [0.15, 0.2) is 23.8 Å². The highest BCUT2D eigenvalue weighted by Crippen LogP contribution is 2.74. The van der Waals surface area contributed by atoms with Crippen molar-refractivity contribution in [1.82, 2.24) is 0 Å². The first-order valence-corrected chi connectivity index (χ1v) is 5.15. The molecule has 0 radical (unpaired) electrons. The van der Waals surface area contributed by atoms with Crippen molar-refractivity contribution in [3.05, 3.63) is 23.8 Å². The first-order valence-electron chi connectivity index (χ1n) is 5.15. The van der Waals surface area contributed by atoms with Crippen molar-refractivity contribution in [2.24, 2.45) is 10.8 Å². The molecular formula is C12H16. The van der Waals surface area contributed by atoms with E-state index in [-0.39, 0.29) is 0 Å². The molecule has 64 valence electrons. The molecule has 0 bridgehead atoms. The van der Waals surface area contributed by atoms with Gasteiger partial charge in [0, 0.05) is 0 Å². The molecule has 2 atom stereocenters. The highest BCUT2D eigenvalue weighted by atomic mass is 14.7. The van der Waals surface area contributed by atoms with Crippen LogP contribution in [0.5, 0.6) is 0 Å². The fourth-order valence-electron chi connectivity index (χ4n) is 3.42. The molecule has 0 heterocycles. The summed E-state index contributed by atoms with van der Waals surface area (Å²) in [5.74, 6) is 0. The van der Waals surface area contributed by atoms with Crippen molar-refractivity contribution in [2.45, 2.75) is 39.0 Å². The molecule has 2 saturated carbocycles. The van der Waals surface area contributed by atoms with Gasteiger partial charge < -0.3 is 0 Å². The molecule has 0 saturated heterocycles. The normalized spacial score (nSPS) is 49.2. The Morgan fingerprint density at radius 1 is 1.17 bits per heavy atom. The van der Waals surface area contributed by atoms with Gasteiger partial charge in [0.15, 0.2) is 0 Å². The summed E-state index contributed by atoms with van der Waals surface area (Å²) in [7, 11) is 0. The molecule has 3 aliphatic carbocycles. The van der Waals surface area contributed by atoms with Crippen LogP contribution in [-0.4, -0.2) is 0 Å². The first kappa shape index (κ1) is 6.94. The summed E-state index contributed by atoms with van der Waals surface area (Å²) >= 11 is 0. The highest BCUT2D eigenvalue weighted by Gasteiger charge is 2.65. The van der Waals surface area contributed by atoms with E-state index in [9.17, 15) is 0 Å². The number of allylic oxidation sites excluding steroid dienone is 4. The molecule has 0 amide bonds. The second kappa shape index (κ2) is 1.86. The van der Waals surface area contributed by atoms with Crippen molar-refractivity contribution in [1.29, 1.82) is 0 Å². The highest BCUT2D eigenvalue weighted by molar-refractivity contribution is 5.41. The summed E-state index contributed by atoms with van der Waals surface area (Å²) in [5, 5.41) is 0. The molecule has 0 aliphatic heterocycles. The fourth-order valence-corrected chi connectivity index (χ4v) is 3.42. The van der Waals surface area contributed by atoms with Gasteiger partial charge in [-0.1, -0.05) is 36.6 Å². The summed E-state index contributed by atoms with van der Waals surface area (Å²) in [5.41, 5.74) is 2.78. The van der Waals surface area contributed by atoms with Crippen LogP contribution in [0.2, 0.25) is 0 Å². The SMILES string of the molecule is CC1=CC23CCCCC2(C=C1)C3. The Bertz CT molecular complexity index is 284. The average molecular weight is 160 g/mol. The Morgan fingerprint density at radius 2 is 1.92 bits per heavy atom. The lowest BCUT2D eigenvalue weighted by atomic mass is 9.76. The Morgan fingerprint density at radius 3 is 2.75 bits per heavy atom. The smallest absolute Gasteiger partial charge is 0.00126 e. The van der Waals surface area contributed by atoms with Crippen molar-refractivity contribution in [3.8, 4) is 0 Å². The molecule has 0 spiro atoms. The van der Waals surface area contributed by atoms with Crippen LogP contribution in [0, 0.1) is 10.8 Å². The van der Waals surface area contributed by atoms with Crippen LogP contribution < -0.4 is 0 Å². The first-order chi connectivity index (χ1) is 5.77. The third-order valence-corrected chi connectivity index (χ3v) is 4.16. The van der Waals surface area contributed by atoms with Gasteiger partial charge in [-0.3, -0.25) is 0 Å². The van der Waals surface area contributed by atoms with Gasteiger partial charge in [0.2, 0.25) is 0 Å². The molecule has 0 aromatic heterocycles. The van der Waals surface area contributed by atoms with Gasteiger partial charge in [-0.05, 0) is 37.0 Å². The van der Waals surface area contributed by atoms with E-state index in [2.05, 4.69) is 25.2 Å². The van der Waals surface area contributed by atoms with Crippen molar-refractivity contribution < 1.29 is 0 Å². The Balaban J connectivity index is 2.03. The van der Waals surface area contributed by atoms with E-state index in [0.717, 1.165) is 0 Å². The molecule has 3 aliphatic rings. The maximum absolute atomic E-state index is 2.55. The van der Waals surface area contributed by atoms with Crippen LogP contribution in [0.25, 0.3) is 0 Å². The monoisotopic (exact) mass is 160 g/mol. The molecule has 0 nitrogen and oxygen atoms in total. The van der Waals surface area contributed by atoms with Crippen LogP contribution in [0.3, 0.4) is 0 Å². The summed E-state index contributed by atoms with van der Waals surface area (Å²) < 4.78 is 0. The number of hydrogen-bond acceptors (Lipinski definition) is 0. The van der Waals surface area contributed by atoms with E-state index in [1.807, 2.05) is 0 Å². The summed E-state index contributed by atoms with van der Waals surface area (Å²) in [6, 6.07) is 0. The third kappa shape index (κ3) is 0.646. The van der Waals surface area contributed by atoms with Crippen LogP contribution >= 0.6 is 0 Å². The van der Waals surface area contributed by atoms with Crippen LogP contribution in [0.1, 0.15) is 39.0 Å². The average Bonchev–Trinajstić information content (AvgIpc) is 2.72. The van der Waals surface area contributed by atoms with E-state index in [0.29, 0.717) is 10.8 Å². The molecule has 2 unspecified atom stereocenters. The summed E-state index contributed by atoms with van der Waals surface area (Å²) in [4.78, 5) is 0. The molecule has 0 N–H and O–H groups in total. The summed E-state index contributed by atoms with van der Waals surface area (Å²) in [6.07, 6.45) is 14.7. The van der Waals surface area contributed by atoms with E-state index in [1.165, 1.54) is 37.7 Å². The molecule has 0 heteroatoms. The van der Waals surface area contributed by atoms with Crippen LogP contribution in [0.4, 0.5) is 0 Å². The Kier molecular flexibility index (Phi) is 1.08. The van der Waals surface area contributed by atoms with Crippen molar-refractivity contribution in [3.63, 3.8) is 0 Å². The molecule has 2 fully saturated rings. The second-order valence-electron chi connectivity index (χ2n) is 4.92. The topological polar surface area (TPSA) is 0 Å². The van der Waals surface area contributed by atoms with Gasteiger partial charge >= 0.3 is 0 Å². The largest absolute Gasteiger partial charge is 0.0772 e. The van der Waals surface area contributed by atoms with E-state index in [1.54, 1.807) is 0 Å². The standard InChI is InChI=1S/C12H16/c1-10-4-7-11-5-2-3-6-12(11,8-10)9-11/h4,7-8H,2-3,5-6,9H2,1H3. The van der Waals surface area contributed by atoms with Gasteiger partial charge in [0.05, 0.1) is 0 Å². The van der Waals surface area contributed by atoms with E-state index in [4.69, 9.17) is 0 Å². The lowest BCUT2D eigenvalue weighted by Gasteiger charge is -2.28. The zero-order valence-corrected chi connectivity index (χ0v) is 7.77. The van der Waals surface area contributed by atoms with Gasteiger partial charge in [-0.2, -0.15) is 0 Å². The van der Waals surface area contributed by atoms with Crippen molar-refractivity contribution >= 4 is 0 Å². The maximum atomic E-state index is 2.55. The lowest BCUT2D eigenvalue weighted by Crippen LogP contribution is -2.17. The zero-order chi connectivity index (χ0) is 8.23. The minimum atomic E-state index is 0.643. The Hall–Kier alpha value is -0.520. The van der Waals surface area contributed by atoms with Crippen molar-refractivity contribution in [2.75, 3.05) is 0 Å². The van der Waals surface area contributed by atoms with Crippen LogP contribution in [-0.2, 0) is 0 Å². The van der Waals surface area contributed by atoms with Gasteiger partial charge in [0.1, 0.15) is 0 Å². The maximum Gasteiger partial charge on any atom is -0.00126 e. The number of hydrogen-bond donors (Lipinski definition) is 0. The lowest BCUT2D eigenvalue weighted by molar-refractivity contribution is 0.333. The fraction of sp³-hybridized carbons (Fsp3) is 0.667. The van der Waals surface area contributed by atoms with Gasteiger partial charge in [0.25, 0.3) is 0 Å². The molecule has 0 aromatic rings. The predicted octanol–water partition coefficient (Wildman–Crippen LogP) is 3.45. The van der Waals surface area contributed by atoms with Gasteiger partial charge in [-0.15, -0.1) is 0 Å². The van der Waals surface area contributed by atoms with Gasteiger partial charge in [-0.25, -0.2) is 0 Å².